The Morgan fingerprint density at radius 2 is 1.73 bits per heavy atom. The van der Waals surface area contributed by atoms with Gasteiger partial charge in [0.25, 0.3) is 5.56 Å². The molecule has 0 radical (unpaired) electrons. The fourth-order valence-electron chi connectivity index (χ4n) is 4.84. The van der Waals surface area contributed by atoms with Crippen LogP contribution in [0.5, 0.6) is 23.0 Å². The first-order chi connectivity index (χ1) is 21.8. The zero-order valence-electron chi connectivity index (χ0n) is 25.0. The Bertz CT molecular complexity index is 1940. The average molecular weight is 698 g/mol. The quantitative estimate of drug-likeness (QED) is 0.196. The van der Waals surface area contributed by atoms with Crippen LogP contribution < -0.4 is 33.8 Å². The van der Waals surface area contributed by atoms with Gasteiger partial charge in [0.1, 0.15) is 12.4 Å². The summed E-state index contributed by atoms with van der Waals surface area (Å²) in [6, 6.07) is 14.1. The summed E-state index contributed by atoms with van der Waals surface area (Å²) in [6.45, 7) is 4.79. The van der Waals surface area contributed by atoms with E-state index in [1.807, 2.05) is 13.8 Å². The van der Waals surface area contributed by atoms with Crippen molar-refractivity contribution >= 4 is 39.3 Å². The molecule has 0 saturated heterocycles. The molecule has 45 heavy (non-hydrogen) atoms. The van der Waals surface area contributed by atoms with E-state index in [0.29, 0.717) is 61.1 Å². The van der Waals surface area contributed by atoms with Gasteiger partial charge in [-0.25, -0.2) is 14.2 Å². The third-order valence-corrected chi connectivity index (χ3v) is 8.44. The number of thiazole rings is 1. The molecule has 12 heteroatoms. The molecule has 0 N–H and O–H groups in total. The van der Waals surface area contributed by atoms with E-state index in [2.05, 4.69) is 20.9 Å². The minimum Gasteiger partial charge on any atom is -0.493 e. The van der Waals surface area contributed by atoms with Crippen LogP contribution in [0, 0.1) is 5.82 Å². The summed E-state index contributed by atoms with van der Waals surface area (Å²) in [5, 5.41) is 0. The summed E-state index contributed by atoms with van der Waals surface area (Å²) in [7, 11) is 2.80. The number of carbonyl (C=O) groups is 1. The van der Waals surface area contributed by atoms with Crippen LogP contribution in [-0.4, -0.2) is 38.0 Å². The first-order valence-corrected chi connectivity index (χ1v) is 15.6. The second-order valence-corrected chi connectivity index (χ2v) is 11.6. The molecule has 3 aromatic carbocycles. The van der Waals surface area contributed by atoms with Crippen LogP contribution in [0.15, 0.2) is 80.6 Å². The molecule has 0 fully saturated rings. The van der Waals surface area contributed by atoms with Gasteiger partial charge in [0.2, 0.25) is 0 Å². The van der Waals surface area contributed by atoms with E-state index < -0.39 is 12.0 Å². The third kappa shape index (κ3) is 6.81. The Morgan fingerprint density at radius 1 is 1.00 bits per heavy atom. The van der Waals surface area contributed by atoms with Crippen LogP contribution in [0.4, 0.5) is 4.39 Å². The predicted octanol–water partition coefficient (Wildman–Crippen LogP) is 5.30. The molecule has 1 aliphatic rings. The summed E-state index contributed by atoms with van der Waals surface area (Å²) >= 11 is 4.75. The van der Waals surface area contributed by atoms with Crippen LogP contribution in [0.2, 0.25) is 0 Å². The van der Waals surface area contributed by atoms with Gasteiger partial charge in [0.15, 0.2) is 27.8 Å². The molecule has 9 nitrogen and oxygen atoms in total. The van der Waals surface area contributed by atoms with Gasteiger partial charge in [-0.1, -0.05) is 29.5 Å². The van der Waals surface area contributed by atoms with Gasteiger partial charge in [-0.2, -0.15) is 0 Å². The maximum absolute atomic E-state index is 14.0. The predicted molar refractivity (Wildman–Crippen MR) is 171 cm³/mol. The van der Waals surface area contributed by atoms with Crippen molar-refractivity contribution in [1.82, 2.24) is 4.57 Å². The Kier molecular flexibility index (Phi) is 10.0. The topological polar surface area (TPSA) is 97.6 Å². The van der Waals surface area contributed by atoms with E-state index >= 15 is 0 Å². The number of esters is 1. The zero-order chi connectivity index (χ0) is 32.1. The van der Waals surface area contributed by atoms with E-state index in [9.17, 15) is 14.0 Å². The van der Waals surface area contributed by atoms with Crippen molar-refractivity contribution in [2.24, 2.45) is 4.99 Å². The van der Waals surface area contributed by atoms with Gasteiger partial charge in [0.05, 0.1) is 48.1 Å². The Labute approximate surface area is 270 Å². The Morgan fingerprint density at radius 3 is 2.42 bits per heavy atom. The molecule has 0 amide bonds. The number of hydrogen-bond acceptors (Lipinski definition) is 9. The molecule has 4 aromatic rings. The Balaban J connectivity index is 1.56. The number of hydrogen-bond donors (Lipinski definition) is 0. The molecule has 0 saturated carbocycles. The van der Waals surface area contributed by atoms with E-state index in [1.165, 1.54) is 48.5 Å². The fraction of sp³-hybridized carbons (Fsp3) is 0.242. The molecule has 0 aliphatic carbocycles. The minimum absolute atomic E-state index is 0.201. The number of fused-ring (bicyclic) bond motifs is 1. The first-order valence-electron chi connectivity index (χ1n) is 14.0. The van der Waals surface area contributed by atoms with Gasteiger partial charge in [-0.15, -0.1) is 0 Å². The SMILES string of the molecule is CCOc1ccc([C@@H]2C(C(=O)OC)=CN=c3s/c(=C\c4cc(Br)c(OCc5ccc(F)cc5)c(OC)c4)c(=O)n32)cc1OCC. The highest BCUT2D eigenvalue weighted by molar-refractivity contribution is 9.10. The molecule has 0 spiro atoms. The van der Waals surface area contributed by atoms with E-state index in [4.69, 9.17) is 23.7 Å². The number of halogens is 2. The molecule has 1 aromatic heterocycles. The lowest BCUT2D eigenvalue weighted by Crippen LogP contribution is -2.39. The van der Waals surface area contributed by atoms with Crippen molar-refractivity contribution in [2.75, 3.05) is 27.4 Å². The molecule has 1 atom stereocenters. The first kappa shape index (κ1) is 32.0. The second-order valence-electron chi connectivity index (χ2n) is 9.70. The van der Waals surface area contributed by atoms with E-state index in [1.54, 1.807) is 48.5 Å². The highest BCUT2D eigenvalue weighted by Crippen LogP contribution is 2.38. The minimum atomic E-state index is -0.811. The number of ether oxygens (including phenoxy) is 5. The van der Waals surface area contributed by atoms with Crippen molar-refractivity contribution in [3.63, 3.8) is 0 Å². The second kappa shape index (κ2) is 14.1. The summed E-state index contributed by atoms with van der Waals surface area (Å²) in [5.41, 5.74) is 1.96. The number of aromatic nitrogens is 1. The summed E-state index contributed by atoms with van der Waals surface area (Å²) in [6.07, 6.45) is 3.17. The van der Waals surface area contributed by atoms with Crippen molar-refractivity contribution in [3.05, 3.63) is 113 Å². The number of carbonyl (C=O) groups excluding carboxylic acids is 1. The van der Waals surface area contributed by atoms with Crippen molar-refractivity contribution in [3.8, 4) is 23.0 Å². The number of rotatable bonds is 11. The van der Waals surface area contributed by atoms with Crippen LogP contribution >= 0.6 is 27.3 Å². The molecule has 234 valence electrons. The third-order valence-electron chi connectivity index (χ3n) is 6.85. The van der Waals surface area contributed by atoms with Crippen molar-refractivity contribution in [2.45, 2.75) is 26.5 Å². The Hall–Kier alpha value is -4.42. The maximum Gasteiger partial charge on any atom is 0.337 e. The molecule has 5 rings (SSSR count). The molecule has 2 heterocycles. The van der Waals surface area contributed by atoms with Crippen LogP contribution in [0.25, 0.3) is 6.08 Å². The molecule has 0 bridgehead atoms. The smallest absolute Gasteiger partial charge is 0.337 e. The zero-order valence-corrected chi connectivity index (χ0v) is 27.4. The van der Waals surface area contributed by atoms with E-state index in [0.717, 1.165) is 5.56 Å². The number of benzene rings is 3. The maximum atomic E-state index is 14.0. The van der Waals surface area contributed by atoms with E-state index in [-0.39, 0.29) is 23.6 Å². The normalized spacial score (nSPS) is 14.2. The molecular weight excluding hydrogens is 667 g/mol. The number of methoxy groups -OCH3 is 2. The lowest BCUT2D eigenvalue weighted by molar-refractivity contribution is -0.136. The van der Waals surface area contributed by atoms with Gasteiger partial charge < -0.3 is 23.7 Å². The van der Waals surface area contributed by atoms with Gasteiger partial charge in [0, 0.05) is 6.20 Å². The molecule has 0 unspecified atom stereocenters. The van der Waals surface area contributed by atoms with Crippen LogP contribution in [0.3, 0.4) is 0 Å². The highest BCUT2D eigenvalue weighted by Gasteiger charge is 2.31. The lowest BCUT2D eigenvalue weighted by Gasteiger charge is -2.23. The monoisotopic (exact) mass is 696 g/mol. The van der Waals surface area contributed by atoms with Crippen LogP contribution in [-0.2, 0) is 16.1 Å². The summed E-state index contributed by atoms with van der Waals surface area (Å²) in [4.78, 5) is 31.7. The van der Waals surface area contributed by atoms with Gasteiger partial charge >= 0.3 is 5.97 Å². The average Bonchev–Trinajstić information content (AvgIpc) is 3.35. The van der Waals surface area contributed by atoms with Gasteiger partial charge in [-0.3, -0.25) is 9.36 Å². The summed E-state index contributed by atoms with van der Waals surface area (Å²) < 4.78 is 43.9. The van der Waals surface area contributed by atoms with Gasteiger partial charge in [-0.05, 0) is 88.9 Å². The number of nitrogens with zero attached hydrogens (tertiary/aromatic N) is 2. The highest BCUT2D eigenvalue weighted by atomic mass is 79.9. The molecule has 1 aliphatic heterocycles. The summed E-state index contributed by atoms with van der Waals surface area (Å²) in [5.74, 6) is 1.03. The standard InChI is InChI=1S/C33H30BrFN2O7S/c1-5-42-25-12-9-21(16-26(25)43-6-2)29-23(32(39)41-4)17-36-33-37(29)31(38)28(45-33)15-20-13-24(34)30(27(14-20)40-3)44-18-19-7-10-22(35)11-8-19/h7-17,29H,5-6,18H2,1-4H3/b28-15-/t29-/m1/s1. The van der Waals surface area contributed by atoms with Crippen molar-refractivity contribution < 1.29 is 32.9 Å². The molecular formula is C33H30BrFN2O7S. The lowest BCUT2D eigenvalue weighted by atomic mass is 9.97. The van der Waals surface area contributed by atoms with Crippen LogP contribution in [0.1, 0.15) is 36.6 Å². The van der Waals surface area contributed by atoms with Crippen molar-refractivity contribution in [1.29, 1.82) is 0 Å². The fourth-order valence-corrected chi connectivity index (χ4v) is 6.38. The largest absolute Gasteiger partial charge is 0.493 e.